The van der Waals surface area contributed by atoms with Crippen LogP contribution in [0.3, 0.4) is 0 Å². The lowest BCUT2D eigenvalue weighted by molar-refractivity contribution is -0.137. The molecule has 0 atom stereocenters. The smallest absolute Gasteiger partial charge is 0.416 e. The first-order valence-corrected chi connectivity index (χ1v) is 8.32. The lowest BCUT2D eigenvalue weighted by Crippen LogP contribution is -2.24. The van der Waals surface area contributed by atoms with E-state index in [4.69, 9.17) is 4.74 Å². The van der Waals surface area contributed by atoms with Gasteiger partial charge < -0.3 is 10.1 Å². The van der Waals surface area contributed by atoms with E-state index in [2.05, 4.69) is 36.5 Å². The zero-order valence-corrected chi connectivity index (χ0v) is 15.8. The van der Waals surface area contributed by atoms with Gasteiger partial charge in [-0.2, -0.15) is 18.2 Å². The molecule has 2 N–H and O–H groups in total. The van der Waals surface area contributed by atoms with E-state index in [0.717, 1.165) is 0 Å². The molecule has 0 fully saturated rings. The van der Waals surface area contributed by atoms with Crippen molar-refractivity contribution in [2.75, 3.05) is 17.2 Å². The van der Waals surface area contributed by atoms with Crippen LogP contribution in [0.1, 0.15) is 19.4 Å². The molecule has 0 aliphatic rings. The number of halogens is 5. The Labute approximate surface area is 160 Å². The van der Waals surface area contributed by atoms with Crippen molar-refractivity contribution in [1.29, 1.82) is 0 Å². The number of anilines is 2. The molecule has 0 bridgehead atoms. The molecule has 146 valence electrons. The molecule has 2 heterocycles. The number of nitrogens with one attached hydrogen (secondary N) is 2. The van der Waals surface area contributed by atoms with Crippen molar-refractivity contribution in [2.45, 2.75) is 25.7 Å². The summed E-state index contributed by atoms with van der Waals surface area (Å²) in [5.74, 6) is -0.866. The van der Waals surface area contributed by atoms with Gasteiger partial charge in [0.2, 0.25) is 5.88 Å². The zero-order chi connectivity index (χ0) is 20.2. The number of pyridine rings is 2. The monoisotopic (exact) mass is 450 g/mol. The minimum Gasteiger partial charge on any atom is -0.474 e. The summed E-state index contributed by atoms with van der Waals surface area (Å²) in [6.07, 6.45) is -3.35. The number of nitrogens with zero attached hydrogens (tertiary/aromatic N) is 2. The number of alkyl halides is 4. The summed E-state index contributed by atoms with van der Waals surface area (Å²) < 4.78 is 58.2. The Balaban J connectivity index is 2.18. The lowest BCUT2D eigenvalue weighted by atomic mass is 10.2. The molecule has 0 aliphatic heterocycles. The van der Waals surface area contributed by atoms with Crippen LogP contribution in [0, 0.1) is 0 Å². The molecule has 2 rings (SSSR count). The molecule has 2 aromatic heterocycles. The Bertz CT molecular complexity index is 808. The molecule has 0 spiro atoms. The average molecular weight is 451 g/mol. The molecular weight excluding hydrogens is 436 g/mol. The van der Waals surface area contributed by atoms with Crippen molar-refractivity contribution in [2.24, 2.45) is 0 Å². The first kappa shape index (κ1) is 20.9. The predicted molar refractivity (Wildman–Crippen MR) is 94.5 cm³/mol. The van der Waals surface area contributed by atoms with Gasteiger partial charge in [0.25, 0.3) is 0 Å². The van der Waals surface area contributed by atoms with Crippen molar-refractivity contribution in [3.8, 4) is 5.88 Å². The Kier molecular flexibility index (Phi) is 6.24. The highest BCUT2D eigenvalue weighted by molar-refractivity contribution is 9.10. The van der Waals surface area contributed by atoms with Crippen molar-refractivity contribution in [3.63, 3.8) is 0 Å². The maximum Gasteiger partial charge on any atom is 0.416 e. The molecule has 0 unspecified atom stereocenters. The van der Waals surface area contributed by atoms with Crippen LogP contribution in [0.4, 0.5) is 33.9 Å². The third kappa shape index (κ3) is 7.00. The van der Waals surface area contributed by atoms with Crippen LogP contribution in [0.15, 0.2) is 35.1 Å². The van der Waals surface area contributed by atoms with E-state index >= 15 is 0 Å². The van der Waals surface area contributed by atoms with Crippen LogP contribution in [-0.2, 0) is 6.18 Å². The van der Waals surface area contributed by atoms with Gasteiger partial charge in [-0.15, -0.1) is 0 Å². The summed E-state index contributed by atoms with van der Waals surface area (Å²) in [5, 5.41) is 4.58. The van der Waals surface area contributed by atoms with Crippen LogP contribution in [0.2, 0.25) is 0 Å². The van der Waals surface area contributed by atoms with E-state index in [9.17, 15) is 22.4 Å². The zero-order valence-electron chi connectivity index (χ0n) is 14.2. The number of aromatic nitrogens is 2. The largest absolute Gasteiger partial charge is 0.474 e. The summed E-state index contributed by atoms with van der Waals surface area (Å²) in [7, 11) is 0. The number of urea groups is 1. The minimum atomic E-state index is -4.70. The number of hydrogen-bond acceptors (Lipinski definition) is 4. The van der Waals surface area contributed by atoms with E-state index in [1.165, 1.54) is 26.1 Å². The van der Waals surface area contributed by atoms with Crippen molar-refractivity contribution >= 4 is 33.5 Å². The highest BCUT2D eigenvalue weighted by Crippen LogP contribution is 2.33. The van der Waals surface area contributed by atoms with Crippen LogP contribution in [-0.4, -0.2) is 28.3 Å². The van der Waals surface area contributed by atoms with E-state index in [1.54, 1.807) is 6.07 Å². The normalized spacial score (nSPS) is 11.8. The summed E-state index contributed by atoms with van der Waals surface area (Å²) >= 11 is 3.13. The number of carbonyl (C=O) groups excluding carboxylic acids is 1. The first-order valence-electron chi connectivity index (χ1n) is 7.53. The van der Waals surface area contributed by atoms with Gasteiger partial charge >= 0.3 is 12.2 Å². The van der Waals surface area contributed by atoms with E-state index < -0.39 is 41.7 Å². The van der Waals surface area contributed by atoms with Crippen LogP contribution >= 0.6 is 15.9 Å². The number of amides is 2. The fourth-order valence-corrected chi connectivity index (χ4v) is 2.02. The summed E-state index contributed by atoms with van der Waals surface area (Å²) in [4.78, 5) is 19.6. The van der Waals surface area contributed by atoms with Crippen LogP contribution < -0.4 is 15.4 Å². The molecule has 0 aromatic carbocycles. The maximum absolute atomic E-state index is 13.5. The standard InChI is InChI=1S/C16H15BrF4N4O2/c1-15(2,18)8-27-13-6-9(16(19,20)21)5-12(24-13)25-14(26)23-10-3-4-11(17)22-7-10/h3-7H,8H2,1-2H3,(H2,23,24,25,26). The summed E-state index contributed by atoms with van der Waals surface area (Å²) in [5.41, 5.74) is -2.54. The van der Waals surface area contributed by atoms with Gasteiger partial charge in [0, 0.05) is 6.07 Å². The van der Waals surface area contributed by atoms with Crippen LogP contribution in [0.25, 0.3) is 0 Å². The van der Waals surface area contributed by atoms with Crippen LogP contribution in [0.5, 0.6) is 5.88 Å². The molecule has 0 saturated heterocycles. The van der Waals surface area contributed by atoms with Crippen molar-refractivity contribution in [1.82, 2.24) is 9.97 Å². The number of ether oxygens (including phenoxy) is 1. The topological polar surface area (TPSA) is 76.1 Å². The van der Waals surface area contributed by atoms with Gasteiger partial charge in [0.05, 0.1) is 17.4 Å². The SMILES string of the molecule is CC(C)(F)COc1cc(C(F)(F)F)cc(NC(=O)Nc2ccc(Br)nc2)n1. The Morgan fingerprint density at radius 3 is 2.44 bits per heavy atom. The van der Waals surface area contributed by atoms with Crippen molar-refractivity contribution in [3.05, 3.63) is 40.6 Å². The molecule has 11 heteroatoms. The summed E-state index contributed by atoms with van der Waals surface area (Å²) in [6, 6.07) is 3.56. The van der Waals surface area contributed by atoms with E-state index in [-0.39, 0.29) is 0 Å². The second-order valence-electron chi connectivity index (χ2n) is 6.03. The highest BCUT2D eigenvalue weighted by Gasteiger charge is 2.32. The Morgan fingerprint density at radius 2 is 1.89 bits per heavy atom. The van der Waals surface area contributed by atoms with Gasteiger partial charge in [0.15, 0.2) is 0 Å². The Morgan fingerprint density at radius 1 is 1.19 bits per heavy atom. The fourth-order valence-electron chi connectivity index (χ4n) is 1.78. The van der Waals surface area contributed by atoms with Gasteiger partial charge in [0.1, 0.15) is 22.7 Å². The van der Waals surface area contributed by atoms with Gasteiger partial charge in [-0.3, -0.25) is 5.32 Å². The van der Waals surface area contributed by atoms with Gasteiger partial charge in [-0.05, 0) is 48.0 Å². The number of hydrogen-bond donors (Lipinski definition) is 2. The first-order chi connectivity index (χ1) is 12.4. The lowest BCUT2D eigenvalue weighted by Gasteiger charge is -2.17. The van der Waals surface area contributed by atoms with Gasteiger partial charge in [-0.1, -0.05) is 0 Å². The number of carbonyl (C=O) groups is 1. The summed E-state index contributed by atoms with van der Waals surface area (Å²) in [6.45, 7) is 1.91. The average Bonchev–Trinajstić information content (AvgIpc) is 2.53. The molecule has 2 amide bonds. The predicted octanol–water partition coefficient (Wildman–Crippen LogP) is 5.03. The third-order valence-electron chi connectivity index (χ3n) is 2.92. The second kappa shape index (κ2) is 8.07. The highest BCUT2D eigenvalue weighted by atomic mass is 79.9. The van der Waals surface area contributed by atoms with Crippen molar-refractivity contribution < 1.29 is 27.1 Å². The quantitative estimate of drug-likeness (QED) is 0.494. The van der Waals surface area contributed by atoms with E-state index in [0.29, 0.717) is 22.4 Å². The molecule has 0 radical (unpaired) electrons. The molecule has 0 saturated carbocycles. The fraction of sp³-hybridized carbons (Fsp3) is 0.312. The molecule has 2 aromatic rings. The molecule has 0 aliphatic carbocycles. The maximum atomic E-state index is 13.5. The third-order valence-corrected chi connectivity index (χ3v) is 3.39. The number of rotatable bonds is 5. The molecule has 6 nitrogen and oxygen atoms in total. The Hall–Kier alpha value is -2.43. The minimum absolute atomic E-state index is 0.318. The molecule has 27 heavy (non-hydrogen) atoms. The second-order valence-corrected chi connectivity index (χ2v) is 6.85. The molecular formula is C16H15BrF4N4O2. The van der Waals surface area contributed by atoms with Gasteiger partial charge in [-0.25, -0.2) is 14.2 Å². The van der Waals surface area contributed by atoms with E-state index in [1.807, 2.05) is 0 Å².